The Balaban J connectivity index is 1.64. The predicted octanol–water partition coefficient (Wildman–Crippen LogP) is 4.10. The summed E-state index contributed by atoms with van der Waals surface area (Å²) in [6.07, 6.45) is -3.88. The lowest BCUT2D eigenvalue weighted by atomic mass is 10.0. The number of halogens is 3. The first-order valence-electron chi connectivity index (χ1n) is 8.39. The van der Waals surface area contributed by atoms with Crippen LogP contribution in [0.15, 0.2) is 47.1 Å². The zero-order valence-electron chi connectivity index (χ0n) is 14.9. The van der Waals surface area contributed by atoms with Crippen molar-refractivity contribution in [3.63, 3.8) is 0 Å². The number of nitrogens with zero attached hydrogens (tertiary/aromatic N) is 2. The number of methoxy groups -OCH3 is 1. The van der Waals surface area contributed by atoms with Crippen molar-refractivity contribution in [3.8, 4) is 23.2 Å². The van der Waals surface area contributed by atoms with Gasteiger partial charge >= 0.3 is 18.3 Å². The highest BCUT2D eigenvalue weighted by atomic mass is 19.4. The first kappa shape index (κ1) is 18.8. The number of carbonyl (C=O) groups excluding carboxylic acids is 1. The summed E-state index contributed by atoms with van der Waals surface area (Å²) < 4.78 is 56.6. The standard InChI is InChI=1S/C19H13F3N2O5/c1-26-18-23-15(12-3-2-8-27-12)14-16(24-18)13(28-17(14)25)9-10-4-6-11(7-5-10)29-19(20,21)22/h2-8,13H,9H2,1H3. The molecule has 1 aliphatic rings. The van der Waals surface area contributed by atoms with Crippen LogP contribution in [-0.4, -0.2) is 29.4 Å². The molecule has 3 heterocycles. The summed E-state index contributed by atoms with van der Waals surface area (Å²) in [6.45, 7) is 0. The molecule has 0 saturated carbocycles. The number of rotatable bonds is 5. The van der Waals surface area contributed by atoms with Crippen molar-refractivity contribution < 1.29 is 36.6 Å². The van der Waals surface area contributed by atoms with Gasteiger partial charge in [0.2, 0.25) is 0 Å². The van der Waals surface area contributed by atoms with Gasteiger partial charge in [-0.2, -0.15) is 9.97 Å². The van der Waals surface area contributed by atoms with Crippen molar-refractivity contribution in [1.82, 2.24) is 9.97 Å². The number of hydrogen-bond acceptors (Lipinski definition) is 7. The quantitative estimate of drug-likeness (QED) is 0.590. The normalized spacial score (nSPS) is 15.7. The minimum atomic E-state index is -4.77. The summed E-state index contributed by atoms with van der Waals surface area (Å²) in [7, 11) is 1.39. The fourth-order valence-electron chi connectivity index (χ4n) is 3.00. The second kappa shape index (κ2) is 7.12. The van der Waals surface area contributed by atoms with Gasteiger partial charge in [0.05, 0.1) is 13.4 Å². The number of esters is 1. The Bertz CT molecular complexity index is 1030. The van der Waals surface area contributed by atoms with Crippen LogP contribution in [0.5, 0.6) is 11.8 Å². The van der Waals surface area contributed by atoms with E-state index in [1.165, 1.54) is 37.6 Å². The lowest BCUT2D eigenvalue weighted by molar-refractivity contribution is -0.274. The van der Waals surface area contributed by atoms with Crippen LogP contribution in [0.3, 0.4) is 0 Å². The average molecular weight is 406 g/mol. The summed E-state index contributed by atoms with van der Waals surface area (Å²) in [5.41, 5.74) is 1.37. The highest BCUT2D eigenvalue weighted by Gasteiger charge is 2.38. The Labute approximate surface area is 162 Å². The molecule has 1 atom stereocenters. The second-order valence-electron chi connectivity index (χ2n) is 6.09. The van der Waals surface area contributed by atoms with Crippen molar-refractivity contribution in [3.05, 3.63) is 59.5 Å². The zero-order chi connectivity index (χ0) is 20.6. The number of alkyl halides is 3. The van der Waals surface area contributed by atoms with Gasteiger partial charge in [-0.05, 0) is 29.8 Å². The van der Waals surface area contributed by atoms with Crippen LogP contribution < -0.4 is 9.47 Å². The molecule has 0 aliphatic carbocycles. The minimum Gasteiger partial charge on any atom is -0.467 e. The Kier molecular flexibility index (Phi) is 4.61. The Hall–Kier alpha value is -3.56. The van der Waals surface area contributed by atoms with Crippen molar-refractivity contribution in [1.29, 1.82) is 0 Å². The van der Waals surface area contributed by atoms with Gasteiger partial charge in [0, 0.05) is 6.42 Å². The van der Waals surface area contributed by atoms with Crippen LogP contribution in [0.25, 0.3) is 11.5 Å². The summed E-state index contributed by atoms with van der Waals surface area (Å²) >= 11 is 0. The van der Waals surface area contributed by atoms with E-state index in [0.29, 0.717) is 17.0 Å². The number of hydrogen-bond donors (Lipinski definition) is 0. The van der Waals surface area contributed by atoms with Gasteiger partial charge in [0.1, 0.15) is 28.8 Å². The van der Waals surface area contributed by atoms with Crippen molar-refractivity contribution >= 4 is 5.97 Å². The molecule has 0 N–H and O–H groups in total. The summed E-state index contributed by atoms with van der Waals surface area (Å²) in [5, 5.41) is 0. The van der Waals surface area contributed by atoms with Crippen LogP contribution in [-0.2, 0) is 11.2 Å². The van der Waals surface area contributed by atoms with Crippen LogP contribution >= 0.6 is 0 Å². The highest BCUT2D eigenvalue weighted by Crippen LogP contribution is 2.38. The second-order valence-corrected chi connectivity index (χ2v) is 6.09. The first-order valence-corrected chi connectivity index (χ1v) is 8.39. The summed E-state index contributed by atoms with van der Waals surface area (Å²) in [6, 6.07) is 8.62. The molecule has 0 bridgehead atoms. The van der Waals surface area contributed by atoms with Gasteiger partial charge in [0.25, 0.3) is 0 Å². The predicted molar refractivity (Wildman–Crippen MR) is 91.3 cm³/mol. The molecule has 7 nitrogen and oxygen atoms in total. The molecule has 4 rings (SSSR count). The zero-order valence-corrected chi connectivity index (χ0v) is 14.9. The number of ether oxygens (including phenoxy) is 3. The number of aromatic nitrogens is 2. The fraction of sp³-hybridized carbons (Fsp3) is 0.211. The Morgan fingerprint density at radius 1 is 1.14 bits per heavy atom. The third-order valence-electron chi connectivity index (χ3n) is 4.19. The maximum Gasteiger partial charge on any atom is 0.573 e. The maximum atomic E-state index is 12.5. The molecule has 1 aromatic carbocycles. The molecule has 0 saturated heterocycles. The molecule has 0 amide bonds. The van der Waals surface area contributed by atoms with E-state index in [9.17, 15) is 18.0 Å². The molecule has 2 aromatic heterocycles. The molecular formula is C19H13F3N2O5. The highest BCUT2D eigenvalue weighted by molar-refractivity contribution is 5.99. The lowest BCUT2D eigenvalue weighted by Crippen LogP contribution is -2.17. The van der Waals surface area contributed by atoms with Gasteiger partial charge in [-0.3, -0.25) is 0 Å². The number of fused-ring (bicyclic) bond motifs is 1. The summed E-state index contributed by atoms with van der Waals surface area (Å²) in [5.74, 6) is -0.599. The molecule has 10 heteroatoms. The van der Waals surface area contributed by atoms with Crippen molar-refractivity contribution in [2.75, 3.05) is 7.11 Å². The minimum absolute atomic E-state index is 0.0346. The van der Waals surface area contributed by atoms with Gasteiger partial charge in [-0.1, -0.05) is 12.1 Å². The van der Waals surface area contributed by atoms with Gasteiger partial charge in [-0.25, -0.2) is 4.79 Å². The smallest absolute Gasteiger partial charge is 0.467 e. The Morgan fingerprint density at radius 2 is 1.90 bits per heavy atom. The lowest BCUT2D eigenvalue weighted by Gasteiger charge is -2.12. The number of cyclic esters (lactones) is 1. The van der Waals surface area contributed by atoms with Gasteiger partial charge in [0.15, 0.2) is 5.76 Å². The number of carbonyl (C=O) groups is 1. The van der Waals surface area contributed by atoms with Crippen LogP contribution in [0.1, 0.15) is 27.7 Å². The average Bonchev–Trinajstić information content (AvgIpc) is 3.30. The number of benzene rings is 1. The van der Waals surface area contributed by atoms with E-state index in [1.807, 2.05) is 0 Å². The molecule has 0 radical (unpaired) electrons. The summed E-state index contributed by atoms with van der Waals surface area (Å²) in [4.78, 5) is 20.9. The van der Waals surface area contributed by atoms with E-state index in [-0.39, 0.29) is 29.4 Å². The van der Waals surface area contributed by atoms with E-state index < -0.39 is 18.4 Å². The van der Waals surface area contributed by atoms with Crippen LogP contribution in [0.4, 0.5) is 13.2 Å². The van der Waals surface area contributed by atoms with Gasteiger partial charge in [-0.15, -0.1) is 13.2 Å². The molecule has 3 aromatic rings. The monoisotopic (exact) mass is 406 g/mol. The SMILES string of the molecule is COc1nc(-c2ccco2)c2c(n1)C(Cc1ccc(OC(F)(F)F)cc1)OC2=O. The third kappa shape index (κ3) is 3.86. The van der Waals surface area contributed by atoms with E-state index >= 15 is 0 Å². The van der Waals surface area contributed by atoms with Crippen LogP contribution in [0, 0.1) is 0 Å². The van der Waals surface area contributed by atoms with E-state index in [2.05, 4.69) is 14.7 Å². The Morgan fingerprint density at radius 3 is 2.52 bits per heavy atom. The van der Waals surface area contributed by atoms with Gasteiger partial charge < -0.3 is 18.6 Å². The molecule has 150 valence electrons. The van der Waals surface area contributed by atoms with E-state index in [1.54, 1.807) is 12.1 Å². The largest absolute Gasteiger partial charge is 0.573 e. The molecule has 1 unspecified atom stereocenters. The molecule has 29 heavy (non-hydrogen) atoms. The first-order chi connectivity index (χ1) is 13.8. The molecule has 0 fully saturated rings. The maximum absolute atomic E-state index is 12.5. The molecular weight excluding hydrogens is 393 g/mol. The van der Waals surface area contributed by atoms with Crippen LogP contribution in [0.2, 0.25) is 0 Å². The fourth-order valence-corrected chi connectivity index (χ4v) is 3.00. The van der Waals surface area contributed by atoms with E-state index in [0.717, 1.165) is 0 Å². The van der Waals surface area contributed by atoms with Crippen molar-refractivity contribution in [2.24, 2.45) is 0 Å². The van der Waals surface area contributed by atoms with E-state index in [4.69, 9.17) is 13.9 Å². The van der Waals surface area contributed by atoms with Crippen molar-refractivity contribution in [2.45, 2.75) is 18.9 Å². The molecule has 0 spiro atoms. The molecule has 1 aliphatic heterocycles. The third-order valence-corrected chi connectivity index (χ3v) is 4.19. The topological polar surface area (TPSA) is 83.7 Å². The number of furan rings is 1.